The van der Waals surface area contributed by atoms with Gasteiger partial charge in [-0.05, 0) is 36.4 Å². The van der Waals surface area contributed by atoms with Crippen molar-refractivity contribution >= 4 is 28.2 Å². The number of carbonyl (C=O) groups is 1. The maximum atomic E-state index is 12.6. The van der Waals surface area contributed by atoms with Crippen LogP contribution < -0.4 is 14.4 Å². The van der Waals surface area contributed by atoms with Crippen molar-refractivity contribution < 1.29 is 14.3 Å². The van der Waals surface area contributed by atoms with Gasteiger partial charge in [-0.15, -0.1) is 11.3 Å². The molecule has 2 aromatic heterocycles. The molecular formula is C17H15N3O3S. The van der Waals surface area contributed by atoms with Crippen LogP contribution in [0.3, 0.4) is 0 Å². The van der Waals surface area contributed by atoms with E-state index in [4.69, 9.17) is 9.47 Å². The summed E-state index contributed by atoms with van der Waals surface area (Å²) < 4.78 is 10.7. The Hall–Kier alpha value is -2.93. The fourth-order valence-corrected chi connectivity index (χ4v) is 2.69. The fourth-order valence-electron chi connectivity index (χ4n) is 2.03. The molecule has 0 radical (unpaired) electrons. The first-order valence-corrected chi connectivity index (χ1v) is 8.06. The Morgan fingerprint density at radius 2 is 1.88 bits per heavy atom. The second kappa shape index (κ2) is 7.56. The third kappa shape index (κ3) is 3.69. The van der Waals surface area contributed by atoms with Crippen molar-refractivity contribution in [1.29, 1.82) is 0 Å². The Balaban J connectivity index is 1.74. The molecule has 3 aromatic rings. The number of hydrogen-bond acceptors (Lipinski definition) is 6. The number of nitrogens with zero attached hydrogens (tertiary/aromatic N) is 3. The Morgan fingerprint density at radius 1 is 1.08 bits per heavy atom. The highest BCUT2D eigenvalue weighted by Crippen LogP contribution is 2.26. The maximum absolute atomic E-state index is 12.6. The number of methoxy groups -OCH3 is 1. The summed E-state index contributed by atoms with van der Waals surface area (Å²) in [6.45, 7) is -0.123. The average Bonchev–Trinajstić information content (AvgIpc) is 3.15. The lowest BCUT2D eigenvalue weighted by Crippen LogP contribution is -2.31. The van der Waals surface area contributed by atoms with Gasteiger partial charge >= 0.3 is 0 Å². The molecule has 0 aliphatic carbocycles. The molecule has 0 bridgehead atoms. The number of rotatable bonds is 6. The Labute approximate surface area is 143 Å². The van der Waals surface area contributed by atoms with Crippen molar-refractivity contribution in [2.75, 3.05) is 18.6 Å². The zero-order valence-electron chi connectivity index (χ0n) is 13.0. The number of aromatic nitrogens is 2. The van der Waals surface area contributed by atoms with E-state index in [0.717, 1.165) is 5.75 Å². The van der Waals surface area contributed by atoms with Gasteiger partial charge in [0, 0.05) is 17.8 Å². The molecule has 0 fully saturated rings. The SMILES string of the molecule is COc1ccc(OCC(=O)N(c2ccccn2)c2nccs2)cc1. The molecule has 6 nitrogen and oxygen atoms in total. The smallest absolute Gasteiger partial charge is 0.272 e. The summed E-state index contributed by atoms with van der Waals surface area (Å²) in [5.41, 5.74) is 0. The Morgan fingerprint density at radius 3 is 2.50 bits per heavy atom. The van der Waals surface area contributed by atoms with Crippen LogP contribution in [-0.4, -0.2) is 29.6 Å². The molecule has 2 heterocycles. The summed E-state index contributed by atoms with van der Waals surface area (Å²) in [4.78, 5) is 22.5. The largest absolute Gasteiger partial charge is 0.497 e. The highest BCUT2D eigenvalue weighted by Gasteiger charge is 2.21. The van der Waals surface area contributed by atoms with Gasteiger partial charge in [0.1, 0.15) is 17.3 Å². The van der Waals surface area contributed by atoms with E-state index in [2.05, 4.69) is 9.97 Å². The predicted octanol–water partition coefficient (Wildman–Crippen LogP) is 3.29. The van der Waals surface area contributed by atoms with E-state index in [1.54, 1.807) is 55.9 Å². The van der Waals surface area contributed by atoms with Gasteiger partial charge in [0.2, 0.25) is 0 Å². The van der Waals surface area contributed by atoms with Crippen molar-refractivity contribution in [2.45, 2.75) is 0 Å². The number of pyridine rings is 1. The second-order valence-electron chi connectivity index (χ2n) is 4.70. The van der Waals surface area contributed by atoms with Crippen LogP contribution in [0.15, 0.2) is 60.2 Å². The van der Waals surface area contributed by atoms with E-state index >= 15 is 0 Å². The summed E-state index contributed by atoms with van der Waals surface area (Å²) in [6.07, 6.45) is 3.28. The molecule has 0 N–H and O–H groups in total. The van der Waals surface area contributed by atoms with Gasteiger partial charge in [0.15, 0.2) is 11.7 Å². The zero-order chi connectivity index (χ0) is 16.8. The monoisotopic (exact) mass is 341 g/mol. The minimum atomic E-state index is -0.250. The van der Waals surface area contributed by atoms with Crippen LogP contribution in [0.25, 0.3) is 0 Å². The molecule has 1 aromatic carbocycles. The van der Waals surface area contributed by atoms with Crippen LogP contribution in [0.2, 0.25) is 0 Å². The minimum Gasteiger partial charge on any atom is -0.497 e. The first-order valence-electron chi connectivity index (χ1n) is 7.18. The van der Waals surface area contributed by atoms with Crippen molar-refractivity contribution in [2.24, 2.45) is 0 Å². The lowest BCUT2D eigenvalue weighted by atomic mass is 10.3. The molecule has 122 valence electrons. The molecular weight excluding hydrogens is 326 g/mol. The molecule has 0 aliphatic rings. The van der Waals surface area contributed by atoms with E-state index in [0.29, 0.717) is 16.7 Å². The van der Waals surface area contributed by atoms with E-state index in [1.807, 2.05) is 11.4 Å². The van der Waals surface area contributed by atoms with Crippen molar-refractivity contribution in [3.8, 4) is 11.5 Å². The summed E-state index contributed by atoms with van der Waals surface area (Å²) >= 11 is 1.36. The van der Waals surface area contributed by atoms with Crippen molar-refractivity contribution in [3.63, 3.8) is 0 Å². The highest BCUT2D eigenvalue weighted by atomic mass is 32.1. The van der Waals surface area contributed by atoms with Gasteiger partial charge < -0.3 is 9.47 Å². The summed E-state index contributed by atoms with van der Waals surface area (Å²) in [5, 5.41) is 2.36. The molecule has 0 saturated carbocycles. The van der Waals surface area contributed by atoms with Gasteiger partial charge in [-0.25, -0.2) is 14.9 Å². The minimum absolute atomic E-state index is 0.123. The van der Waals surface area contributed by atoms with Crippen molar-refractivity contribution in [1.82, 2.24) is 9.97 Å². The number of amides is 1. The van der Waals surface area contributed by atoms with E-state index < -0.39 is 0 Å². The molecule has 24 heavy (non-hydrogen) atoms. The molecule has 1 amide bonds. The first kappa shape index (κ1) is 15.9. The summed E-state index contributed by atoms with van der Waals surface area (Å²) in [5.74, 6) is 1.58. The normalized spacial score (nSPS) is 10.2. The lowest BCUT2D eigenvalue weighted by Gasteiger charge is -2.19. The van der Waals surface area contributed by atoms with Crippen LogP contribution >= 0.6 is 11.3 Å². The van der Waals surface area contributed by atoms with Crippen LogP contribution in [0.4, 0.5) is 10.9 Å². The van der Waals surface area contributed by atoms with Crippen LogP contribution in [-0.2, 0) is 4.79 Å². The third-order valence-corrected chi connectivity index (χ3v) is 3.92. The van der Waals surface area contributed by atoms with Gasteiger partial charge in [-0.3, -0.25) is 4.79 Å². The number of anilines is 2. The maximum Gasteiger partial charge on any atom is 0.272 e. The Bertz CT molecular complexity index is 777. The second-order valence-corrected chi connectivity index (χ2v) is 5.57. The van der Waals surface area contributed by atoms with E-state index in [1.165, 1.54) is 16.2 Å². The van der Waals surface area contributed by atoms with Gasteiger partial charge in [0.05, 0.1) is 7.11 Å². The zero-order valence-corrected chi connectivity index (χ0v) is 13.8. The first-order chi connectivity index (χ1) is 11.8. The van der Waals surface area contributed by atoms with Crippen LogP contribution in [0.5, 0.6) is 11.5 Å². The number of thiazole rings is 1. The van der Waals surface area contributed by atoms with Crippen molar-refractivity contribution in [3.05, 3.63) is 60.2 Å². The van der Waals surface area contributed by atoms with Crippen LogP contribution in [0.1, 0.15) is 0 Å². The number of benzene rings is 1. The van der Waals surface area contributed by atoms with Gasteiger partial charge in [-0.1, -0.05) is 6.07 Å². The summed E-state index contributed by atoms with van der Waals surface area (Å²) in [7, 11) is 1.60. The molecule has 0 atom stereocenters. The third-order valence-electron chi connectivity index (χ3n) is 3.16. The number of ether oxygens (including phenoxy) is 2. The standard InChI is InChI=1S/C17H15N3O3S/c1-22-13-5-7-14(8-6-13)23-12-16(21)20(17-19-10-11-24-17)15-4-2-3-9-18-15/h2-11H,12H2,1H3. The number of carbonyl (C=O) groups excluding carboxylic acids is 1. The predicted molar refractivity (Wildman–Crippen MR) is 92.0 cm³/mol. The quantitative estimate of drug-likeness (QED) is 0.688. The molecule has 0 aliphatic heterocycles. The molecule has 7 heteroatoms. The molecule has 0 unspecified atom stereocenters. The van der Waals surface area contributed by atoms with E-state index in [-0.39, 0.29) is 12.5 Å². The van der Waals surface area contributed by atoms with Gasteiger partial charge in [-0.2, -0.15) is 0 Å². The Kier molecular flexibility index (Phi) is 5.02. The number of hydrogen-bond donors (Lipinski definition) is 0. The van der Waals surface area contributed by atoms with Gasteiger partial charge in [0.25, 0.3) is 5.91 Å². The topological polar surface area (TPSA) is 64.6 Å². The fraction of sp³-hybridized carbons (Fsp3) is 0.118. The van der Waals surface area contributed by atoms with Crippen LogP contribution in [0, 0.1) is 0 Å². The molecule has 0 spiro atoms. The summed E-state index contributed by atoms with van der Waals surface area (Å²) in [6, 6.07) is 12.4. The average molecular weight is 341 g/mol. The molecule has 3 rings (SSSR count). The highest BCUT2D eigenvalue weighted by molar-refractivity contribution is 7.13. The lowest BCUT2D eigenvalue weighted by molar-refractivity contribution is -0.119. The van der Waals surface area contributed by atoms with E-state index in [9.17, 15) is 4.79 Å². The molecule has 0 saturated heterocycles.